The van der Waals surface area contributed by atoms with Crippen LogP contribution in [0.5, 0.6) is 0 Å². The summed E-state index contributed by atoms with van der Waals surface area (Å²) < 4.78 is 44.6. The number of aliphatic hydroxyl groups excluding tert-OH is 1. The molecule has 5 N–H and O–H groups in total. The molecule has 2 rings (SSSR count). The van der Waals surface area contributed by atoms with Crippen molar-refractivity contribution in [3.8, 4) is 0 Å². The number of hydrogen-bond donors (Lipinski definition) is 4. The zero-order chi connectivity index (χ0) is 30.5. The van der Waals surface area contributed by atoms with Crippen molar-refractivity contribution < 1.29 is 42.2 Å². The molecular weight excluding hydrogens is 531 g/mol. The molecule has 1 aliphatic heterocycles. The molecule has 1 aliphatic rings. The topological polar surface area (TPSA) is 148 Å². The Morgan fingerprint density at radius 2 is 1.77 bits per heavy atom. The number of nitrogens with one attached hydrogen (secondary N) is 2. The second kappa shape index (κ2) is 13.0. The molecule has 4 atom stereocenters. The number of ketones is 2. The number of amides is 1. The highest BCUT2D eigenvalue weighted by Crippen LogP contribution is 2.31. The smallest absolute Gasteiger partial charge is 0.416 e. The number of alkyl halides is 3. The maximum absolute atomic E-state index is 13.7. The van der Waals surface area contributed by atoms with Crippen LogP contribution in [-0.2, 0) is 19.1 Å². The lowest BCUT2D eigenvalue weighted by molar-refractivity contribution is -0.215. The Labute approximate surface area is 231 Å². The van der Waals surface area contributed by atoms with Crippen molar-refractivity contribution in [2.45, 2.75) is 77.4 Å². The minimum atomic E-state index is -4.99. The molecule has 0 aromatic heterocycles. The quantitative estimate of drug-likeness (QED) is 0.171. The first-order chi connectivity index (χ1) is 18.5. The zero-order valence-electron chi connectivity index (χ0n) is 23.3. The fourth-order valence-electron chi connectivity index (χ4n) is 4.43. The van der Waals surface area contributed by atoms with E-state index in [9.17, 15) is 37.5 Å². The van der Waals surface area contributed by atoms with Gasteiger partial charge in [-0.3, -0.25) is 19.7 Å². The summed E-state index contributed by atoms with van der Waals surface area (Å²) in [6, 6.07) is 3.10. The van der Waals surface area contributed by atoms with Crippen molar-refractivity contribution in [3.63, 3.8) is 0 Å². The number of rotatable bonds is 12. The average molecular weight is 570 g/mol. The second-order valence-electron chi connectivity index (χ2n) is 10.8. The molecule has 1 saturated heterocycles. The van der Waals surface area contributed by atoms with Crippen LogP contribution < -0.4 is 16.4 Å². The maximum Gasteiger partial charge on any atom is 0.416 e. The van der Waals surface area contributed by atoms with Gasteiger partial charge in [0.1, 0.15) is 0 Å². The summed E-state index contributed by atoms with van der Waals surface area (Å²) in [5.74, 6) is -3.68. The third-order valence-electron chi connectivity index (χ3n) is 7.20. The van der Waals surface area contributed by atoms with Crippen LogP contribution in [0.1, 0.15) is 63.4 Å². The number of carbonyl (C=O) groups excluding carboxylic acids is 4. The Kier molecular flexibility index (Phi) is 10.8. The number of nitrogens with two attached hydrogens (primary N) is 1. The molecule has 40 heavy (non-hydrogen) atoms. The van der Waals surface area contributed by atoms with Crippen molar-refractivity contribution in [1.29, 1.82) is 0 Å². The normalized spacial score (nSPS) is 20.3. The van der Waals surface area contributed by atoms with E-state index in [1.807, 2.05) is 0 Å². The van der Waals surface area contributed by atoms with Gasteiger partial charge in [-0.25, -0.2) is 4.79 Å². The number of carbonyl (C=O) groups is 4. The van der Waals surface area contributed by atoms with Crippen molar-refractivity contribution in [1.82, 2.24) is 10.6 Å². The number of benzene rings is 1. The summed E-state index contributed by atoms with van der Waals surface area (Å²) in [6.45, 7) is 7.84. The SMILES string of the molecule is CCOC(=O)c1ccc(/C=C/C(=O)C(C)(C)[C@H](N)C(=O)[C@]2(C(=O)NC(C(C)C)C(O)C(F)(F)F)CCCN2)cc1. The molecule has 12 heteroatoms. The van der Waals surface area contributed by atoms with Gasteiger partial charge in [-0.15, -0.1) is 0 Å². The van der Waals surface area contributed by atoms with Gasteiger partial charge in [-0.1, -0.05) is 45.9 Å². The number of ether oxygens (including phenoxy) is 1. The lowest BCUT2D eigenvalue weighted by Gasteiger charge is -2.37. The number of halogens is 3. The Bertz CT molecular complexity index is 1110. The molecule has 1 amide bonds. The molecule has 1 heterocycles. The number of Topliss-reactive ketones (excluding diaryl/α,β-unsaturated/α-hetero) is 1. The largest absolute Gasteiger partial charge is 0.462 e. The summed E-state index contributed by atoms with van der Waals surface area (Å²) in [5.41, 5.74) is 3.75. The minimum absolute atomic E-state index is 0.0365. The minimum Gasteiger partial charge on any atom is -0.462 e. The van der Waals surface area contributed by atoms with E-state index in [0.29, 0.717) is 17.5 Å². The van der Waals surface area contributed by atoms with Gasteiger partial charge in [0.2, 0.25) is 5.91 Å². The molecule has 0 radical (unpaired) electrons. The van der Waals surface area contributed by atoms with Gasteiger partial charge in [-0.2, -0.15) is 13.2 Å². The van der Waals surface area contributed by atoms with Crippen LogP contribution >= 0.6 is 0 Å². The zero-order valence-corrected chi connectivity index (χ0v) is 23.3. The number of hydrogen-bond acceptors (Lipinski definition) is 8. The highest BCUT2D eigenvalue weighted by atomic mass is 19.4. The summed E-state index contributed by atoms with van der Waals surface area (Å²) in [4.78, 5) is 51.9. The maximum atomic E-state index is 13.7. The van der Waals surface area contributed by atoms with Crippen LogP contribution in [0.2, 0.25) is 0 Å². The molecule has 2 unspecified atom stereocenters. The fraction of sp³-hybridized carbons (Fsp3) is 0.571. The Morgan fingerprint density at radius 3 is 2.25 bits per heavy atom. The summed E-state index contributed by atoms with van der Waals surface area (Å²) in [7, 11) is 0. The van der Waals surface area contributed by atoms with E-state index in [1.54, 1.807) is 19.1 Å². The Hall–Kier alpha value is -3.09. The van der Waals surface area contributed by atoms with Gasteiger partial charge < -0.3 is 20.9 Å². The standard InChI is InChI=1S/C28H38F3N3O6/c1-6-40-24(38)18-11-8-17(9-12-18)10-13-19(35)26(4,5)21(32)23(37)27(14-7-15-33-27)25(39)34-20(16(2)3)22(36)28(29,30)31/h8-13,16,20-22,33,36H,6-7,14-15,32H2,1-5H3,(H,34,39)/b13-10+/t20?,21-,22?,27+/m1/s1. The molecule has 1 fully saturated rings. The highest BCUT2D eigenvalue weighted by Gasteiger charge is 2.55. The molecule has 9 nitrogen and oxygen atoms in total. The lowest BCUT2D eigenvalue weighted by atomic mass is 9.73. The first kappa shape index (κ1) is 33.1. The molecule has 0 bridgehead atoms. The number of aliphatic hydroxyl groups is 1. The third-order valence-corrected chi connectivity index (χ3v) is 7.20. The molecule has 1 aromatic rings. The van der Waals surface area contributed by atoms with E-state index in [2.05, 4.69) is 10.6 Å². The molecule has 0 saturated carbocycles. The van der Waals surface area contributed by atoms with Gasteiger partial charge in [0.05, 0.1) is 24.3 Å². The van der Waals surface area contributed by atoms with Crippen LogP contribution in [0.4, 0.5) is 13.2 Å². The monoisotopic (exact) mass is 569 g/mol. The van der Waals surface area contributed by atoms with Crippen molar-refractivity contribution in [2.75, 3.05) is 13.2 Å². The van der Waals surface area contributed by atoms with Crippen molar-refractivity contribution in [3.05, 3.63) is 41.5 Å². The van der Waals surface area contributed by atoms with Crippen LogP contribution in [0.25, 0.3) is 6.08 Å². The predicted octanol–water partition coefficient (Wildman–Crippen LogP) is 2.55. The van der Waals surface area contributed by atoms with Gasteiger partial charge in [0, 0.05) is 5.41 Å². The van der Waals surface area contributed by atoms with Crippen LogP contribution in [0, 0.1) is 11.3 Å². The van der Waals surface area contributed by atoms with Crippen molar-refractivity contribution >= 4 is 29.5 Å². The third kappa shape index (κ3) is 7.35. The fourth-order valence-corrected chi connectivity index (χ4v) is 4.43. The van der Waals surface area contributed by atoms with E-state index >= 15 is 0 Å². The van der Waals surface area contributed by atoms with Crippen LogP contribution in [0.15, 0.2) is 30.3 Å². The number of allylic oxidation sites excluding steroid dienone is 1. The first-order valence-corrected chi connectivity index (χ1v) is 13.1. The second-order valence-corrected chi connectivity index (χ2v) is 10.8. The molecular formula is C28H38F3N3O6. The van der Waals surface area contributed by atoms with Gasteiger partial charge in [0.15, 0.2) is 23.2 Å². The summed E-state index contributed by atoms with van der Waals surface area (Å²) in [6.07, 6.45) is -4.78. The lowest BCUT2D eigenvalue weighted by Crippen LogP contribution is -2.68. The Balaban J connectivity index is 2.24. The predicted molar refractivity (Wildman–Crippen MR) is 142 cm³/mol. The van der Waals surface area contributed by atoms with Crippen LogP contribution in [0.3, 0.4) is 0 Å². The van der Waals surface area contributed by atoms with E-state index in [4.69, 9.17) is 10.5 Å². The van der Waals surface area contributed by atoms with Gasteiger partial charge in [0.25, 0.3) is 0 Å². The average Bonchev–Trinajstić information content (AvgIpc) is 3.40. The van der Waals surface area contributed by atoms with E-state index in [1.165, 1.54) is 52.0 Å². The number of esters is 1. The van der Waals surface area contributed by atoms with E-state index in [-0.39, 0.29) is 19.6 Å². The van der Waals surface area contributed by atoms with Gasteiger partial charge >= 0.3 is 12.1 Å². The van der Waals surface area contributed by atoms with E-state index < -0.39 is 64.7 Å². The Morgan fingerprint density at radius 1 is 1.18 bits per heavy atom. The summed E-state index contributed by atoms with van der Waals surface area (Å²) in [5, 5.41) is 14.8. The molecule has 222 valence electrons. The highest BCUT2D eigenvalue weighted by molar-refractivity contribution is 6.15. The van der Waals surface area contributed by atoms with Crippen LogP contribution in [-0.4, -0.2) is 71.6 Å². The molecule has 1 aromatic carbocycles. The van der Waals surface area contributed by atoms with Gasteiger partial charge in [-0.05, 0) is 56.0 Å². The van der Waals surface area contributed by atoms with Crippen molar-refractivity contribution in [2.24, 2.45) is 17.1 Å². The summed E-state index contributed by atoms with van der Waals surface area (Å²) >= 11 is 0. The van der Waals surface area contributed by atoms with E-state index in [0.717, 1.165) is 0 Å². The molecule has 0 spiro atoms. The first-order valence-electron chi connectivity index (χ1n) is 13.1. The molecule has 0 aliphatic carbocycles.